The summed E-state index contributed by atoms with van der Waals surface area (Å²) < 4.78 is 0. The Bertz CT molecular complexity index is 383. The van der Waals surface area contributed by atoms with Crippen LogP contribution in [0.1, 0.15) is 41.5 Å². The molecule has 17 heavy (non-hydrogen) atoms. The lowest BCUT2D eigenvalue weighted by atomic mass is 10.0. The summed E-state index contributed by atoms with van der Waals surface area (Å²) >= 11 is 0. The smallest absolute Gasteiger partial charge is 0.246 e. The predicted octanol–water partition coefficient (Wildman–Crippen LogP) is 2.76. The first kappa shape index (κ1) is 13.8. The molecule has 1 aliphatic heterocycles. The molecule has 0 aromatic heterocycles. The molecule has 0 N–H and O–H groups in total. The van der Waals surface area contributed by atoms with E-state index in [1.807, 2.05) is 7.05 Å². The summed E-state index contributed by atoms with van der Waals surface area (Å²) in [6.45, 7) is 13.1. The van der Waals surface area contributed by atoms with E-state index in [0.717, 1.165) is 5.70 Å². The molecule has 1 fully saturated rings. The van der Waals surface area contributed by atoms with Crippen molar-refractivity contribution in [2.24, 2.45) is 0 Å². The molecule has 96 valence electrons. The Hall–Kier alpha value is -1.25. The van der Waals surface area contributed by atoms with E-state index in [-0.39, 0.29) is 5.91 Å². The van der Waals surface area contributed by atoms with E-state index in [4.69, 9.17) is 0 Å². The molecule has 0 aromatic carbocycles. The Balaban J connectivity index is 3.39. The highest BCUT2D eigenvalue weighted by Gasteiger charge is 2.32. The van der Waals surface area contributed by atoms with Crippen LogP contribution in [0.15, 0.2) is 22.5 Å². The highest BCUT2D eigenvalue weighted by molar-refractivity contribution is 5.83. The fourth-order valence-electron chi connectivity index (χ4n) is 2.29. The van der Waals surface area contributed by atoms with Gasteiger partial charge in [0.25, 0.3) is 0 Å². The Morgan fingerprint density at radius 1 is 1.06 bits per heavy atom. The van der Waals surface area contributed by atoms with Crippen LogP contribution in [-0.2, 0) is 4.79 Å². The lowest BCUT2D eigenvalue weighted by Crippen LogP contribution is -2.48. The fourth-order valence-corrected chi connectivity index (χ4v) is 2.29. The van der Waals surface area contributed by atoms with Crippen LogP contribution in [0.25, 0.3) is 0 Å². The third kappa shape index (κ3) is 2.54. The molecule has 0 bridgehead atoms. The van der Waals surface area contributed by atoms with Gasteiger partial charge in [0.1, 0.15) is 0 Å². The predicted molar refractivity (Wildman–Crippen MR) is 71.4 cm³/mol. The first-order valence-electron chi connectivity index (χ1n) is 6.15. The van der Waals surface area contributed by atoms with E-state index in [0.29, 0.717) is 12.6 Å². The molecule has 0 radical (unpaired) electrons. The average Bonchev–Trinajstić information content (AvgIpc) is 2.19. The number of likely N-dealkylation sites (N-methyl/N-ethyl adjacent to an activating group) is 1. The second-order valence-electron chi connectivity index (χ2n) is 5.37. The third-order valence-corrected chi connectivity index (χ3v) is 3.10. The summed E-state index contributed by atoms with van der Waals surface area (Å²) in [4.78, 5) is 16.0. The zero-order chi connectivity index (χ0) is 13.3. The molecule has 0 unspecified atom stereocenters. The van der Waals surface area contributed by atoms with E-state index < -0.39 is 0 Å². The Labute approximate surface area is 105 Å². The van der Waals surface area contributed by atoms with Crippen molar-refractivity contribution in [2.75, 3.05) is 13.6 Å². The number of amides is 1. The SMILES string of the molecule is CC(C)=C1C(=C(C)C)N(C(C)C)CC(=O)N1C. The van der Waals surface area contributed by atoms with E-state index in [1.165, 1.54) is 16.8 Å². The van der Waals surface area contributed by atoms with Crippen molar-refractivity contribution in [3.05, 3.63) is 22.5 Å². The summed E-state index contributed by atoms with van der Waals surface area (Å²) in [5.41, 5.74) is 4.72. The van der Waals surface area contributed by atoms with E-state index >= 15 is 0 Å². The quantitative estimate of drug-likeness (QED) is 0.699. The first-order valence-corrected chi connectivity index (χ1v) is 6.15. The van der Waals surface area contributed by atoms with Gasteiger partial charge in [-0.3, -0.25) is 4.79 Å². The molecule has 3 nitrogen and oxygen atoms in total. The van der Waals surface area contributed by atoms with Crippen LogP contribution in [0.4, 0.5) is 0 Å². The average molecular weight is 236 g/mol. The molecule has 1 heterocycles. The van der Waals surface area contributed by atoms with Crippen molar-refractivity contribution in [3.63, 3.8) is 0 Å². The van der Waals surface area contributed by atoms with Gasteiger partial charge in [0, 0.05) is 13.1 Å². The zero-order valence-corrected chi connectivity index (χ0v) is 12.1. The van der Waals surface area contributed by atoms with Crippen molar-refractivity contribution in [2.45, 2.75) is 47.6 Å². The number of piperazine rings is 1. The molecular weight excluding hydrogens is 212 g/mol. The van der Waals surface area contributed by atoms with E-state index in [2.05, 4.69) is 46.4 Å². The van der Waals surface area contributed by atoms with Crippen LogP contribution in [0.3, 0.4) is 0 Å². The van der Waals surface area contributed by atoms with Crippen LogP contribution in [-0.4, -0.2) is 35.3 Å². The van der Waals surface area contributed by atoms with E-state index in [1.54, 1.807) is 4.90 Å². The molecular formula is C14H24N2O. The van der Waals surface area contributed by atoms with Crippen LogP contribution >= 0.6 is 0 Å². The van der Waals surface area contributed by atoms with Crippen LogP contribution < -0.4 is 0 Å². The molecule has 3 heteroatoms. The number of carbonyl (C=O) groups is 1. The van der Waals surface area contributed by atoms with Gasteiger partial charge in [-0.25, -0.2) is 0 Å². The number of nitrogens with zero attached hydrogens (tertiary/aromatic N) is 2. The summed E-state index contributed by atoms with van der Waals surface area (Å²) in [7, 11) is 1.87. The number of hydrogen-bond acceptors (Lipinski definition) is 2. The van der Waals surface area contributed by atoms with Gasteiger partial charge in [0.05, 0.1) is 17.9 Å². The van der Waals surface area contributed by atoms with Gasteiger partial charge >= 0.3 is 0 Å². The summed E-state index contributed by atoms with van der Waals surface area (Å²) in [5.74, 6) is 0.167. The molecule has 0 aliphatic carbocycles. The molecule has 0 spiro atoms. The molecule has 0 atom stereocenters. The second kappa shape index (κ2) is 4.94. The molecule has 1 aliphatic rings. The van der Waals surface area contributed by atoms with Gasteiger partial charge in [0.15, 0.2) is 0 Å². The van der Waals surface area contributed by atoms with Gasteiger partial charge in [-0.1, -0.05) is 11.1 Å². The second-order valence-corrected chi connectivity index (χ2v) is 5.37. The Morgan fingerprint density at radius 3 is 1.88 bits per heavy atom. The van der Waals surface area contributed by atoms with Gasteiger partial charge in [-0.05, 0) is 41.5 Å². The lowest BCUT2D eigenvalue weighted by molar-refractivity contribution is -0.131. The molecule has 0 aromatic rings. The maximum atomic E-state index is 12.0. The number of allylic oxidation sites excluding steroid dienone is 2. The van der Waals surface area contributed by atoms with Crippen molar-refractivity contribution >= 4 is 5.91 Å². The van der Waals surface area contributed by atoms with Gasteiger partial charge in [-0.2, -0.15) is 0 Å². The van der Waals surface area contributed by atoms with Crippen molar-refractivity contribution in [3.8, 4) is 0 Å². The Kier molecular flexibility index (Phi) is 4.02. The number of hydrogen-bond donors (Lipinski definition) is 0. The molecule has 1 amide bonds. The minimum atomic E-state index is 0.167. The summed E-state index contributed by atoms with van der Waals surface area (Å²) in [6.07, 6.45) is 0. The van der Waals surface area contributed by atoms with E-state index in [9.17, 15) is 4.79 Å². The van der Waals surface area contributed by atoms with Crippen molar-refractivity contribution in [1.29, 1.82) is 0 Å². The fraction of sp³-hybridized carbons (Fsp3) is 0.643. The number of rotatable bonds is 1. The highest BCUT2D eigenvalue weighted by Crippen LogP contribution is 2.30. The monoisotopic (exact) mass is 236 g/mol. The largest absolute Gasteiger partial charge is 0.358 e. The normalized spacial score (nSPS) is 17.1. The summed E-state index contributed by atoms with van der Waals surface area (Å²) in [6, 6.07) is 0.340. The van der Waals surface area contributed by atoms with Gasteiger partial charge in [-0.15, -0.1) is 0 Å². The maximum Gasteiger partial charge on any atom is 0.246 e. The Morgan fingerprint density at radius 2 is 1.53 bits per heavy atom. The zero-order valence-electron chi connectivity index (χ0n) is 12.1. The van der Waals surface area contributed by atoms with Crippen LogP contribution in [0, 0.1) is 0 Å². The van der Waals surface area contributed by atoms with Crippen molar-refractivity contribution in [1.82, 2.24) is 9.80 Å². The van der Waals surface area contributed by atoms with Crippen molar-refractivity contribution < 1.29 is 4.79 Å². The van der Waals surface area contributed by atoms with Crippen LogP contribution in [0.2, 0.25) is 0 Å². The van der Waals surface area contributed by atoms with Crippen LogP contribution in [0.5, 0.6) is 0 Å². The molecule has 1 saturated heterocycles. The molecule has 0 saturated carbocycles. The maximum absolute atomic E-state index is 12.0. The molecule has 1 rings (SSSR count). The summed E-state index contributed by atoms with van der Waals surface area (Å²) in [5, 5.41) is 0. The minimum absolute atomic E-state index is 0.167. The minimum Gasteiger partial charge on any atom is -0.358 e. The standard InChI is InChI=1S/C14H24N2O/c1-9(2)13-14(10(3)4)16(11(5)6)8-12(17)15(13)7/h11H,8H2,1-7H3. The number of carbonyl (C=O) groups excluding carboxylic acids is 1. The lowest BCUT2D eigenvalue weighted by Gasteiger charge is -2.42. The topological polar surface area (TPSA) is 23.6 Å². The van der Waals surface area contributed by atoms with Gasteiger partial charge < -0.3 is 9.80 Å². The first-order chi connectivity index (χ1) is 7.77. The third-order valence-electron chi connectivity index (χ3n) is 3.10. The van der Waals surface area contributed by atoms with Gasteiger partial charge in [0.2, 0.25) is 5.91 Å². The highest BCUT2D eigenvalue weighted by atomic mass is 16.2.